The highest BCUT2D eigenvalue weighted by molar-refractivity contribution is 5.68. The van der Waals surface area contributed by atoms with E-state index >= 15 is 0 Å². The van der Waals surface area contributed by atoms with E-state index in [-0.39, 0.29) is 12.0 Å². The zero-order valence-corrected chi connectivity index (χ0v) is 9.33. The number of aliphatic carboxylic acids is 1. The molecule has 1 aliphatic heterocycles. The third kappa shape index (κ3) is 2.01. The molecule has 1 saturated carbocycles. The molecular weight excluding hydrogens is 192 g/mol. The fourth-order valence-electron chi connectivity index (χ4n) is 2.87. The van der Waals surface area contributed by atoms with Crippen molar-refractivity contribution in [2.24, 2.45) is 0 Å². The van der Waals surface area contributed by atoms with Crippen molar-refractivity contribution >= 4 is 5.97 Å². The highest BCUT2D eigenvalue weighted by Crippen LogP contribution is 2.32. The van der Waals surface area contributed by atoms with E-state index in [1.165, 1.54) is 25.7 Å². The minimum atomic E-state index is -0.679. The molecule has 0 radical (unpaired) electrons. The standard InChI is InChI=1S/C11H20N2O2/c1-13(9-4-2-3-5-9)11(6-10(14)15)7-12-8-11/h9,12H,2-8H2,1H3,(H,14,15). The molecule has 0 spiro atoms. The lowest BCUT2D eigenvalue weighted by molar-refractivity contribution is -0.142. The Morgan fingerprint density at radius 1 is 1.47 bits per heavy atom. The number of likely N-dealkylation sites (N-methyl/N-ethyl adjacent to an activating group) is 1. The first kappa shape index (κ1) is 10.9. The molecule has 1 aliphatic carbocycles. The first-order valence-electron chi connectivity index (χ1n) is 5.79. The van der Waals surface area contributed by atoms with E-state index < -0.39 is 5.97 Å². The molecular formula is C11H20N2O2. The maximum absolute atomic E-state index is 10.9. The van der Waals surface area contributed by atoms with E-state index in [4.69, 9.17) is 5.11 Å². The van der Waals surface area contributed by atoms with Gasteiger partial charge in [-0.1, -0.05) is 12.8 Å². The summed E-state index contributed by atoms with van der Waals surface area (Å²) < 4.78 is 0. The Hall–Kier alpha value is -0.610. The summed E-state index contributed by atoms with van der Waals surface area (Å²) in [4.78, 5) is 13.2. The van der Waals surface area contributed by atoms with E-state index in [1.54, 1.807) is 0 Å². The number of carboxylic acids is 1. The van der Waals surface area contributed by atoms with Crippen LogP contribution in [-0.2, 0) is 4.79 Å². The second-order valence-electron chi connectivity index (χ2n) is 4.95. The molecule has 2 aliphatic rings. The first-order valence-corrected chi connectivity index (χ1v) is 5.79. The predicted octanol–water partition coefficient (Wildman–Crippen LogP) is 0.678. The summed E-state index contributed by atoms with van der Waals surface area (Å²) in [5.74, 6) is -0.679. The van der Waals surface area contributed by atoms with E-state index in [0.717, 1.165) is 13.1 Å². The molecule has 2 rings (SSSR count). The lowest BCUT2D eigenvalue weighted by atomic mass is 9.85. The maximum Gasteiger partial charge on any atom is 0.305 e. The smallest absolute Gasteiger partial charge is 0.305 e. The van der Waals surface area contributed by atoms with E-state index in [9.17, 15) is 4.79 Å². The minimum absolute atomic E-state index is 0.110. The van der Waals surface area contributed by atoms with Crippen molar-refractivity contribution in [2.75, 3.05) is 20.1 Å². The Morgan fingerprint density at radius 2 is 2.07 bits per heavy atom. The highest BCUT2D eigenvalue weighted by Gasteiger charge is 2.45. The fraction of sp³-hybridized carbons (Fsp3) is 0.909. The van der Waals surface area contributed by atoms with Crippen LogP contribution in [0.5, 0.6) is 0 Å². The van der Waals surface area contributed by atoms with Gasteiger partial charge in [0.2, 0.25) is 0 Å². The summed E-state index contributed by atoms with van der Waals surface area (Å²) in [5, 5.41) is 12.2. The lowest BCUT2D eigenvalue weighted by Gasteiger charge is -2.51. The van der Waals surface area contributed by atoms with Gasteiger partial charge >= 0.3 is 5.97 Å². The molecule has 0 amide bonds. The van der Waals surface area contributed by atoms with Gasteiger partial charge in [-0.2, -0.15) is 0 Å². The van der Waals surface area contributed by atoms with Crippen LogP contribution in [0.2, 0.25) is 0 Å². The Morgan fingerprint density at radius 3 is 2.47 bits per heavy atom. The molecule has 0 bridgehead atoms. The summed E-state index contributed by atoms with van der Waals surface area (Å²) >= 11 is 0. The first-order chi connectivity index (χ1) is 7.14. The summed E-state index contributed by atoms with van der Waals surface area (Å²) in [6.07, 6.45) is 5.33. The van der Waals surface area contributed by atoms with Crippen molar-refractivity contribution < 1.29 is 9.90 Å². The third-order valence-corrected chi connectivity index (χ3v) is 4.01. The summed E-state index contributed by atoms with van der Waals surface area (Å²) in [6.45, 7) is 1.65. The number of rotatable bonds is 4. The van der Waals surface area contributed by atoms with E-state index in [1.807, 2.05) is 0 Å². The number of carbonyl (C=O) groups is 1. The van der Waals surface area contributed by atoms with Crippen molar-refractivity contribution in [2.45, 2.75) is 43.7 Å². The second kappa shape index (κ2) is 4.10. The quantitative estimate of drug-likeness (QED) is 0.719. The fourth-order valence-corrected chi connectivity index (χ4v) is 2.87. The van der Waals surface area contributed by atoms with Crippen molar-refractivity contribution in [3.8, 4) is 0 Å². The van der Waals surface area contributed by atoms with Gasteiger partial charge in [0, 0.05) is 19.1 Å². The van der Waals surface area contributed by atoms with Gasteiger partial charge in [0.25, 0.3) is 0 Å². The van der Waals surface area contributed by atoms with Gasteiger partial charge in [-0.25, -0.2) is 0 Å². The van der Waals surface area contributed by atoms with Crippen LogP contribution in [0.3, 0.4) is 0 Å². The molecule has 0 aromatic rings. The Labute approximate surface area is 90.6 Å². The number of carboxylic acid groups (broad SMARTS) is 1. The second-order valence-corrected chi connectivity index (χ2v) is 4.95. The molecule has 4 nitrogen and oxygen atoms in total. The van der Waals surface area contributed by atoms with E-state index in [2.05, 4.69) is 17.3 Å². The van der Waals surface area contributed by atoms with Gasteiger partial charge in [-0.05, 0) is 19.9 Å². The van der Waals surface area contributed by atoms with Crippen LogP contribution in [0.1, 0.15) is 32.1 Å². The van der Waals surface area contributed by atoms with Gasteiger partial charge < -0.3 is 10.4 Å². The molecule has 15 heavy (non-hydrogen) atoms. The molecule has 4 heteroatoms. The molecule has 0 aromatic heterocycles. The van der Waals surface area contributed by atoms with Crippen molar-refractivity contribution in [3.05, 3.63) is 0 Å². The average molecular weight is 212 g/mol. The Balaban J connectivity index is 2.01. The number of nitrogens with zero attached hydrogens (tertiary/aromatic N) is 1. The number of hydrogen-bond acceptors (Lipinski definition) is 3. The van der Waals surface area contributed by atoms with Crippen molar-refractivity contribution in [3.63, 3.8) is 0 Å². The normalized spacial score (nSPS) is 25.5. The average Bonchev–Trinajstić information content (AvgIpc) is 2.62. The summed E-state index contributed by atoms with van der Waals surface area (Å²) in [5.41, 5.74) is -0.110. The van der Waals surface area contributed by atoms with Crippen molar-refractivity contribution in [1.29, 1.82) is 0 Å². The molecule has 2 N–H and O–H groups in total. The molecule has 1 saturated heterocycles. The zero-order chi connectivity index (χ0) is 10.9. The van der Waals surface area contributed by atoms with Crippen LogP contribution in [0.25, 0.3) is 0 Å². The predicted molar refractivity (Wildman–Crippen MR) is 57.9 cm³/mol. The molecule has 0 aromatic carbocycles. The van der Waals surface area contributed by atoms with Crippen LogP contribution in [0, 0.1) is 0 Å². The van der Waals surface area contributed by atoms with Crippen LogP contribution < -0.4 is 5.32 Å². The van der Waals surface area contributed by atoms with Gasteiger partial charge in [-0.15, -0.1) is 0 Å². The lowest BCUT2D eigenvalue weighted by Crippen LogP contribution is -2.70. The van der Waals surface area contributed by atoms with Crippen LogP contribution in [-0.4, -0.2) is 47.7 Å². The minimum Gasteiger partial charge on any atom is -0.481 e. The molecule has 1 heterocycles. The molecule has 2 fully saturated rings. The largest absolute Gasteiger partial charge is 0.481 e. The van der Waals surface area contributed by atoms with Gasteiger partial charge in [0.05, 0.1) is 12.0 Å². The summed E-state index contributed by atoms with van der Waals surface area (Å²) in [6, 6.07) is 0.603. The van der Waals surface area contributed by atoms with Gasteiger partial charge in [0.1, 0.15) is 0 Å². The number of hydrogen-bond donors (Lipinski definition) is 2. The van der Waals surface area contributed by atoms with Crippen LogP contribution >= 0.6 is 0 Å². The topological polar surface area (TPSA) is 52.6 Å². The van der Waals surface area contributed by atoms with Crippen LogP contribution in [0.4, 0.5) is 0 Å². The van der Waals surface area contributed by atoms with Gasteiger partial charge in [0.15, 0.2) is 0 Å². The molecule has 0 unspecified atom stereocenters. The van der Waals surface area contributed by atoms with Crippen molar-refractivity contribution in [1.82, 2.24) is 10.2 Å². The zero-order valence-electron chi connectivity index (χ0n) is 9.33. The van der Waals surface area contributed by atoms with Gasteiger partial charge in [-0.3, -0.25) is 9.69 Å². The summed E-state index contributed by atoms with van der Waals surface area (Å²) in [7, 11) is 2.10. The van der Waals surface area contributed by atoms with Crippen LogP contribution in [0.15, 0.2) is 0 Å². The highest BCUT2D eigenvalue weighted by atomic mass is 16.4. The van der Waals surface area contributed by atoms with E-state index in [0.29, 0.717) is 6.04 Å². The monoisotopic (exact) mass is 212 g/mol. The SMILES string of the molecule is CN(C1CCCC1)C1(CC(=O)O)CNC1. The Bertz CT molecular complexity index is 245. The molecule has 0 atom stereocenters. The number of nitrogens with one attached hydrogen (secondary N) is 1. The Kier molecular flexibility index (Phi) is 2.98. The third-order valence-electron chi connectivity index (χ3n) is 4.01. The molecule has 86 valence electrons. The maximum atomic E-state index is 10.9.